The lowest BCUT2D eigenvalue weighted by Gasteiger charge is -2.06. The number of amides is 1. The summed E-state index contributed by atoms with van der Waals surface area (Å²) in [5, 5.41) is 2.94. The summed E-state index contributed by atoms with van der Waals surface area (Å²) in [5.41, 5.74) is 3.46. The molecule has 1 atom stereocenters. The first-order valence-electron chi connectivity index (χ1n) is 8.75. The zero-order chi connectivity index (χ0) is 17.9. The van der Waals surface area contributed by atoms with Crippen LogP contribution in [0.1, 0.15) is 30.3 Å². The molecule has 1 aliphatic rings. The first kappa shape index (κ1) is 16.6. The Hall–Kier alpha value is -2.86. The molecular formula is C20H21N3O3. The average Bonchev–Trinajstić information content (AvgIpc) is 3.31. The number of ether oxygens (including phenoxy) is 2. The number of anilines is 1. The van der Waals surface area contributed by atoms with Crippen LogP contribution in [0.2, 0.25) is 0 Å². The van der Waals surface area contributed by atoms with Gasteiger partial charge in [-0.25, -0.2) is 4.98 Å². The lowest BCUT2D eigenvalue weighted by atomic mass is 10.1. The van der Waals surface area contributed by atoms with Gasteiger partial charge in [0.05, 0.1) is 24.6 Å². The minimum absolute atomic E-state index is 0.0514. The minimum atomic E-state index is -0.0617. The highest BCUT2D eigenvalue weighted by Crippen LogP contribution is 2.28. The maximum absolute atomic E-state index is 12.3. The van der Waals surface area contributed by atoms with Gasteiger partial charge >= 0.3 is 0 Å². The molecule has 2 heterocycles. The van der Waals surface area contributed by atoms with Crippen LogP contribution in [0.15, 0.2) is 42.5 Å². The van der Waals surface area contributed by atoms with Gasteiger partial charge in [-0.3, -0.25) is 4.79 Å². The molecule has 26 heavy (non-hydrogen) atoms. The summed E-state index contributed by atoms with van der Waals surface area (Å²) in [6.45, 7) is 0.786. The zero-order valence-electron chi connectivity index (χ0n) is 14.6. The summed E-state index contributed by atoms with van der Waals surface area (Å²) in [7, 11) is 1.62. The third-order valence-electron chi connectivity index (χ3n) is 4.54. The molecule has 1 fully saturated rings. The standard InChI is InChI=1S/C20H21N3O3/c1-25-15-7-4-13(5-8-15)11-19(24)21-14-6-9-16-17(12-14)23-20(22-16)18-3-2-10-26-18/h4-9,12,18H,2-3,10-11H2,1H3,(H,21,24)(H,22,23)/t18-/m0/s1. The second kappa shape index (κ2) is 7.17. The number of nitrogens with zero attached hydrogens (tertiary/aromatic N) is 1. The van der Waals surface area contributed by atoms with Crippen LogP contribution in [-0.2, 0) is 16.0 Å². The number of nitrogens with one attached hydrogen (secondary N) is 2. The fourth-order valence-corrected chi connectivity index (χ4v) is 3.19. The first-order valence-corrected chi connectivity index (χ1v) is 8.75. The van der Waals surface area contributed by atoms with E-state index in [1.54, 1.807) is 7.11 Å². The third kappa shape index (κ3) is 3.55. The minimum Gasteiger partial charge on any atom is -0.497 e. The van der Waals surface area contributed by atoms with E-state index in [0.717, 1.165) is 53.3 Å². The summed E-state index contributed by atoms with van der Waals surface area (Å²) in [4.78, 5) is 20.2. The molecule has 0 bridgehead atoms. The number of aromatic amines is 1. The number of hydrogen-bond donors (Lipinski definition) is 2. The molecule has 0 saturated carbocycles. The van der Waals surface area contributed by atoms with Crippen LogP contribution >= 0.6 is 0 Å². The fraction of sp³-hybridized carbons (Fsp3) is 0.300. The van der Waals surface area contributed by atoms with Gasteiger partial charge in [0.2, 0.25) is 5.91 Å². The van der Waals surface area contributed by atoms with E-state index in [9.17, 15) is 4.79 Å². The molecular weight excluding hydrogens is 330 g/mol. The van der Waals surface area contributed by atoms with Crippen LogP contribution in [-0.4, -0.2) is 29.6 Å². The molecule has 1 saturated heterocycles. The highest BCUT2D eigenvalue weighted by Gasteiger charge is 2.21. The van der Waals surface area contributed by atoms with Gasteiger partial charge in [0.15, 0.2) is 0 Å². The van der Waals surface area contributed by atoms with E-state index in [0.29, 0.717) is 6.42 Å². The van der Waals surface area contributed by atoms with Crippen LogP contribution < -0.4 is 10.1 Å². The number of carbonyl (C=O) groups is 1. The molecule has 0 aliphatic carbocycles. The molecule has 3 aromatic rings. The van der Waals surface area contributed by atoms with E-state index in [2.05, 4.69) is 15.3 Å². The zero-order valence-corrected chi connectivity index (χ0v) is 14.6. The van der Waals surface area contributed by atoms with E-state index in [4.69, 9.17) is 9.47 Å². The lowest BCUT2D eigenvalue weighted by molar-refractivity contribution is -0.115. The maximum Gasteiger partial charge on any atom is 0.228 e. The number of imidazole rings is 1. The van der Waals surface area contributed by atoms with Crippen molar-refractivity contribution in [2.24, 2.45) is 0 Å². The Bertz CT molecular complexity index is 912. The molecule has 134 valence electrons. The summed E-state index contributed by atoms with van der Waals surface area (Å²) < 4.78 is 10.8. The second-order valence-electron chi connectivity index (χ2n) is 6.43. The summed E-state index contributed by atoms with van der Waals surface area (Å²) in [5.74, 6) is 1.58. The molecule has 1 amide bonds. The van der Waals surface area contributed by atoms with Crippen LogP contribution in [0.5, 0.6) is 5.75 Å². The van der Waals surface area contributed by atoms with Gasteiger partial charge in [0, 0.05) is 12.3 Å². The summed E-state index contributed by atoms with van der Waals surface area (Å²) in [6.07, 6.45) is 2.42. The third-order valence-corrected chi connectivity index (χ3v) is 4.54. The Morgan fingerprint density at radius 2 is 2.15 bits per heavy atom. The molecule has 1 aliphatic heterocycles. The number of hydrogen-bond acceptors (Lipinski definition) is 4. The van der Waals surface area contributed by atoms with Crippen LogP contribution in [0.25, 0.3) is 11.0 Å². The molecule has 0 spiro atoms. The van der Waals surface area contributed by atoms with Crippen molar-refractivity contribution < 1.29 is 14.3 Å². The normalized spacial score (nSPS) is 16.7. The SMILES string of the molecule is COc1ccc(CC(=O)Nc2ccc3nc([C@@H]4CCCO4)[nH]c3c2)cc1. The Kier molecular flexibility index (Phi) is 4.58. The lowest BCUT2D eigenvalue weighted by Crippen LogP contribution is -2.14. The number of carbonyl (C=O) groups excluding carboxylic acids is 1. The van der Waals surface area contributed by atoms with Crippen molar-refractivity contribution in [3.63, 3.8) is 0 Å². The molecule has 1 aromatic heterocycles. The number of methoxy groups -OCH3 is 1. The molecule has 0 radical (unpaired) electrons. The Balaban J connectivity index is 1.44. The van der Waals surface area contributed by atoms with Crippen molar-refractivity contribution in [3.8, 4) is 5.75 Å². The molecule has 0 unspecified atom stereocenters. The van der Waals surface area contributed by atoms with Gasteiger partial charge in [-0.05, 0) is 48.7 Å². The molecule has 2 aromatic carbocycles. The van der Waals surface area contributed by atoms with Crippen LogP contribution in [0.3, 0.4) is 0 Å². The van der Waals surface area contributed by atoms with E-state index in [1.165, 1.54) is 0 Å². The Morgan fingerprint density at radius 1 is 1.31 bits per heavy atom. The fourth-order valence-electron chi connectivity index (χ4n) is 3.19. The smallest absolute Gasteiger partial charge is 0.228 e. The monoisotopic (exact) mass is 351 g/mol. The maximum atomic E-state index is 12.3. The second-order valence-corrected chi connectivity index (χ2v) is 6.43. The van der Waals surface area contributed by atoms with Crippen molar-refractivity contribution in [1.29, 1.82) is 0 Å². The predicted molar refractivity (Wildman–Crippen MR) is 99.3 cm³/mol. The number of aromatic nitrogens is 2. The van der Waals surface area contributed by atoms with Gasteiger partial charge in [-0.2, -0.15) is 0 Å². The van der Waals surface area contributed by atoms with E-state index < -0.39 is 0 Å². The largest absolute Gasteiger partial charge is 0.497 e. The van der Waals surface area contributed by atoms with Gasteiger partial charge in [-0.1, -0.05) is 12.1 Å². The van der Waals surface area contributed by atoms with Crippen molar-refractivity contribution >= 4 is 22.6 Å². The topological polar surface area (TPSA) is 76.2 Å². The number of benzene rings is 2. The van der Waals surface area contributed by atoms with Crippen molar-refractivity contribution in [1.82, 2.24) is 9.97 Å². The van der Waals surface area contributed by atoms with Crippen LogP contribution in [0.4, 0.5) is 5.69 Å². The van der Waals surface area contributed by atoms with Crippen molar-refractivity contribution in [2.45, 2.75) is 25.4 Å². The van der Waals surface area contributed by atoms with E-state index in [-0.39, 0.29) is 12.0 Å². The number of H-pyrrole nitrogens is 1. The Morgan fingerprint density at radius 3 is 2.88 bits per heavy atom. The molecule has 6 heteroatoms. The highest BCUT2D eigenvalue weighted by molar-refractivity contribution is 5.94. The molecule has 2 N–H and O–H groups in total. The molecule has 6 nitrogen and oxygen atoms in total. The van der Waals surface area contributed by atoms with Gasteiger partial charge < -0.3 is 19.8 Å². The van der Waals surface area contributed by atoms with Crippen LogP contribution in [0, 0.1) is 0 Å². The first-order chi connectivity index (χ1) is 12.7. The summed E-state index contributed by atoms with van der Waals surface area (Å²) in [6, 6.07) is 13.2. The number of fused-ring (bicyclic) bond motifs is 1. The predicted octanol–water partition coefficient (Wildman–Crippen LogP) is 3.60. The van der Waals surface area contributed by atoms with E-state index >= 15 is 0 Å². The number of rotatable bonds is 5. The van der Waals surface area contributed by atoms with Gasteiger partial charge in [0.1, 0.15) is 17.7 Å². The van der Waals surface area contributed by atoms with Crippen molar-refractivity contribution in [3.05, 3.63) is 53.9 Å². The van der Waals surface area contributed by atoms with Gasteiger partial charge in [-0.15, -0.1) is 0 Å². The van der Waals surface area contributed by atoms with E-state index in [1.807, 2.05) is 42.5 Å². The quantitative estimate of drug-likeness (QED) is 0.736. The highest BCUT2D eigenvalue weighted by atomic mass is 16.5. The average molecular weight is 351 g/mol. The van der Waals surface area contributed by atoms with Gasteiger partial charge in [0.25, 0.3) is 0 Å². The summed E-state index contributed by atoms with van der Waals surface area (Å²) >= 11 is 0. The van der Waals surface area contributed by atoms with Crippen molar-refractivity contribution in [2.75, 3.05) is 19.0 Å². The Labute approximate surface area is 151 Å². The molecule has 4 rings (SSSR count).